The van der Waals surface area contributed by atoms with Gasteiger partial charge in [0.1, 0.15) is 11.4 Å². The Kier molecular flexibility index (Phi) is 6.10. The van der Waals surface area contributed by atoms with Crippen molar-refractivity contribution in [3.63, 3.8) is 0 Å². The van der Waals surface area contributed by atoms with Crippen molar-refractivity contribution in [1.82, 2.24) is 5.32 Å². The van der Waals surface area contributed by atoms with Crippen LogP contribution in [0, 0.1) is 0 Å². The minimum absolute atomic E-state index is 0.0494. The number of amides is 1. The molecule has 0 aliphatic carbocycles. The first kappa shape index (κ1) is 17.7. The van der Waals surface area contributed by atoms with Crippen LogP contribution < -0.4 is 11.1 Å². The van der Waals surface area contributed by atoms with Gasteiger partial charge in [0.05, 0.1) is 5.69 Å². The summed E-state index contributed by atoms with van der Waals surface area (Å²) >= 11 is 0. The lowest BCUT2D eigenvalue weighted by Crippen LogP contribution is -2.40. The summed E-state index contributed by atoms with van der Waals surface area (Å²) in [4.78, 5) is 27.0. The topological polar surface area (TPSA) is 93.8 Å². The average molecular weight is 305 g/mol. The summed E-state index contributed by atoms with van der Waals surface area (Å²) in [6, 6.07) is 7.10. The van der Waals surface area contributed by atoms with Crippen LogP contribution in [0.2, 0.25) is 0 Å². The second-order valence-electron chi connectivity index (χ2n) is 5.86. The Balaban J connectivity index is 2.64. The highest BCUT2D eigenvalue weighted by Gasteiger charge is 2.16. The number of nitrogens with zero attached hydrogens (tertiary/aromatic N) is 1. The molecule has 22 heavy (non-hydrogen) atoms. The highest BCUT2D eigenvalue weighted by atomic mass is 16.6. The van der Waals surface area contributed by atoms with Crippen LogP contribution in [0.15, 0.2) is 29.3 Å². The van der Waals surface area contributed by atoms with E-state index in [9.17, 15) is 9.59 Å². The maximum atomic E-state index is 11.5. The van der Waals surface area contributed by atoms with Gasteiger partial charge in [-0.1, -0.05) is 19.1 Å². The number of guanidine groups is 1. The van der Waals surface area contributed by atoms with Gasteiger partial charge in [-0.2, -0.15) is 0 Å². The molecule has 0 saturated heterocycles. The van der Waals surface area contributed by atoms with E-state index >= 15 is 0 Å². The fraction of sp³-hybridized carbons (Fsp3) is 0.438. The summed E-state index contributed by atoms with van der Waals surface area (Å²) in [6.07, 6.45) is 0.276. The van der Waals surface area contributed by atoms with Gasteiger partial charge in [-0.3, -0.25) is 10.1 Å². The van der Waals surface area contributed by atoms with E-state index in [1.807, 2.05) is 19.1 Å². The predicted octanol–water partition coefficient (Wildman–Crippen LogP) is 2.68. The first-order valence-electron chi connectivity index (χ1n) is 7.14. The Morgan fingerprint density at radius 1 is 1.23 bits per heavy atom. The molecule has 0 aliphatic rings. The molecule has 0 heterocycles. The minimum Gasteiger partial charge on any atom is -0.444 e. The van der Waals surface area contributed by atoms with Crippen molar-refractivity contribution < 1.29 is 14.3 Å². The van der Waals surface area contributed by atoms with E-state index in [4.69, 9.17) is 10.5 Å². The Morgan fingerprint density at radius 3 is 2.32 bits per heavy atom. The van der Waals surface area contributed by atoms with Crippen molar-refractivity contribution in [1.29, 1.82) is 0 Å². The van der Waals surface area contributed by atoms with Gasteiger partial charge in [0.15, 0.2) is 0 Å². The van der Waals surface area contributed by atoms with E-state index in [0.717, 1.165) is 5.56 Å². The zero-order valence-electron chi connectivity index (χ0n) is 13.5. The molecule has 1 amide bonds. The monoisotopic (exact) mass is 305 g/mol. The van der Waals surface area contributed by atoms with E-state index < -0.39 is 11.7 Å². The molecule has 6 nitrogen and oxygen atoms in total. The molecule has 0 atom stereocenters. The number of aliphatic imine (C=N–C) groups is 1. The molecule has 1 aromatic rings. The van der Waals surface area contributed by atoms with Crippen LogP contribution >= 0.6 is 0 Å². The Morgan fingerprint density at radius 2 is 1.82 bits per heavy atom. The number of carbonyl (C=O) groups is 2. The third kappa shape index (κ3) is 6.88. The van der Waals surface area contributed by atoms with E-state index in [-0.39, 0.29) is 11.7 Å². The molecule has 0 aromatic heterocycles. The third-order valence-electron chi connectivity index (χ3n) is 2.61. The number of nitrogens with one attached hydrogen (secondary N) is 1. The Labute approximate surface area is 130 Å². The van der Waals surface area contributed by atoms with Gasteiger partial charge in [-0.05, 0) is 38.5 Å². The minimum atomic E-state index is -0.654. The van der Waals surface area contributed by atoms with Crippen molar-refractivity contribution in [2.75, 3.05) is 0 Å². The van der Waals surface area contributed by atoms with Gasteiger partial charge in [-0.25, -0.2) is 9.79 Å². The van der Waals surface area contributed by atoms with Crippen LogP contribution in [0.4, 0.5) is 10.5 Å². The summed E-state index contributed by atoms with van der Waals surface area (Å²) < 4.78 is 5.07. The number of nitrogens with two attached hydrogens (primary N) is 1. The quantitative estimate of drug-likeness (QED) is 0.660. The largest absolute Gasteiger partial charge is 0.444 e. The van der Waals surface area contributed by atoms with Crippen LogP contribution in [0.25, 0.3) is 0 Å². The van der Waals surface area contributed by atoms with Crippen molar-refractivity contribution in [3.8, 4) is 0 Å². The first-order valence-corrected chi connectivity index (χ1v) is 7.14. The van der Waals surface area contributed by atoms with E-state index in [2.05, 4.69) is 10.3 Å². The number of hydrogen-bond donors (Lipinski definition) is 2. The highest BCUT2D eigenvalue weighted by molar-refractivity contribution is 5.94. The van der Waals surface area contributed by atoms with E-state index in [1.165, 1.54) is 0 Å². The average Bonchev–Trinajstić information content (AvgIpc) is 2.38. The summed E-state index contributed by atoms with van der Waals surface area (Å²) in [6.45, 7) is 7.12. The molecule has 120 valence electrons. The molecule has 6 heteroatoms. The molecule has 0 radical (unpaired) electrons. The number of alkyl carbamates (subject to hydrolysis) is 1. The van der Waals surface area contributed by atoms with Gasteiger partial charge in [0, 0.05) is 12.8 Å². The maximum absolute atomic E-state index is 11.5. The van der Waals surface area contributed by atoms with Crippen LogP contribution in [0.5, 0.6) is 0 Å². The number of ether oxygens (including phenoxy) is 1. The highest BCUT2D eigenvalue weighted by Crippen LogP contribution is 2.14. The standard InChI is InChI=1S/C16H23N3O3/c1-5-13(20)10-11-6-8-12(9-7-11)18-14(17)19-15(21)22-16(2,3)4/h6-9H,5,10H2,1-4H3,(H3,17,18,19,21). The van der Waals surface area contributed by atoms with E-state index in [1.54, 1.807) is 32.9 Å². The number of benzene rings is 1. The molecule has 0 bridgehead atoms. The molecule has 0 fully saturated rings. The molecule has 0 saturated carbocycles. The number of Topliss-reactive ketones (excluding diaryl/α,β-unsaturated/α-hetero) is 1. The summed E-state index contributed by atoms with van der Waals surface area (Å²) in [5, 5.41) is 2.35. The van der Waals surface area contributed by atoms with Crippen molar-refractivity contribution in [2.45, 2.75) is 46.1 Å². The Hall–Kier alpha value is -2.37. The lowest BCUT2D eigenvalue weighted by molar-refractivity contribution is -0.118. The Bertz CT molecular complexity index is 557. The lowest BCUT2D eigenvalue weighted by atomic mass is 10.1. The van der Waals surface area contributed by atoms with Crippen LogP contribution in [-0.4, -0.2) is 23.4 Å². The molecule has 0 aliphatic heterocycles. The molecule has 1 aromatic carbocycles. The summed E-state index contributed by atoms with van der Waals surface area (Å²) in [7, 11) is 0. The zero-order chi connectivity index (χ0) is 16.8. The molecule has 1 rings (SSSR count). The molecular weight excluding hydrogens is 282 g/mol. The lowest BCUT2D eigenvalue weighted by Gasteiger charge is -2.19. The molecule has 0 spiro atoms. The second-order valence-corrected chi connectivity index (χ2v) is 5.86. The zero-order valence-corrected chi connectivity index (χ0v) is 13.5. The first-order chi connectivity index (χ1) is 10.2. The molecule has 0 unspecified atom stereocenters. The fourth-order valence-corrected chi connectivity index (χ4v) is 1.62. The smallest absolute Gasteiger partial charge is 0.414 e. The van der Waals surface area contributed by atoms with Crippen molar-refractivity contribution >= 4 is 23.5 Å². The van der Waals surface area contributed by atoms with Gasteiger partial charge in [0.25, 0.3) is 0 Å². The molecular formula is C16H23N3O3. The van der Waals surface area contributed by atoms with Crippen LogP contribution in [-0.2, 0) is 16.0 Å². The molecule has 3 N–H and O–H groups in total. The number of rotatable bonds is 4. The summed E-state index contributed by atoms with van der Waals surface area (Å²) in [5.41, 5.74) is 6.56. The number of ketones is 1. The summed E-state index contributed by atoms with van der Waals surface area (Å²) in [5.74, 6) is 0.133. The SMILES string of the molecule is CCC(=O)Cc1ccc(N=C(N)NC(=O)OC(C)(C)C)cc1. The number of carbonyl (C=O) groups excluding carboxylic acids is 2. The van der Waals surface area contributed by atoms with Gasteiger partial charge in [-0.15, -0.1) is 0 Å². The van der Waals surface area contributed by atoms with Gasteiger partial charge in [0.2, 0.25) is 5.96 Å². The second kappa shape index (κ2) is 7.59. The van der Waals surface area contributed by atoms with Gasteiger partial charge < -0.3 is 10.5 Å². The third-order valence-corrected chi connectivity index (χ3v) is 2.61. The van der Waals surface area contributed by atoms with Crippen molar-refractivity contribution in [3.05, 3.63) is 29.8 Å². The van der Waals surface area contributed by atoms with Crippen molar-refractivity contribution in [2.24, 2.45) is 10.7 Å². The fourth-order valence-electron chi connectivity index (χ4n) is 1.62. The normalized spacial score (nSPS) is 11.9. The van der Waals surface area contributed by atoms with Gasteiger partial charge >= 0.3 is 6.09 Å². The van der Waals surface area contributed by atoms with E-state index in [0.29, 0.717) is 18.5 Å². The predicted molar refractivity (Wildman–Crippen MR) is 86.1 cm³/mol. The maximum Gasteiger partial charge on any atom is 0.414 e. The van der Waals surface area contributed by atoms with Crippen LogP contribution in [0.1, 0.15) is 39.7 Å². The van der Waals surface area contributed by atoms with Crippen LogP contribution in [0.3, 0.4) is 0 Å². The number of hydrogen-bond acceptors (Lipinski definition) is 4.